The second-order valence-corrected chi connectivity index (χ2v) is 1.76. The maximum Gasteiger partial charge on any atom is 0.234 e. The van der Waals surface area contributed by atoms with E-state index in [1.165, 1.54) is 0 Å². The van der Waals surface area contributed by atoms with Gasteiger partial charge in [0.25, 0.3) is 0 Å². The van der Waals surface area contributed by atoms with Crippen LogP contribution >= 0.6 is 0 Å². The Morgan fingerprint density at radius 2 is 2.40 bits per heavy atom. The number of nitriles is 1. The fourth-order valence-electron chi connectivity index (χ4n) is 0.504. The summed E-state index contributed by atoms with van der Waals surface area (Å²) in [6.45, 7) is 3.44. The molecular formula is C6H11N3O. The maximum atomic E-state index is 10.5. The number of hydrogen-bond acceptors (Lipinski definition) is 3. The molecule has 4 nitrogen and oxygen atoms in total. The zero-order chi connectivity index (χ0) is 7.82. The molecule has 1 amide bonds. The van der Waals surface area contributed by atoms with Gasteiger partial charge in [0.2, 0.25) is 5.91 Å². The number of carbonyl (C=O) groups is 1. The first-order valence-corrected chi connectivity index (χ1v) is 3.20. The fraction of sp³-hybridized carbons (Fsp3) is 0.667. The Bertz CT molecular complexity index is 138. The van der Waals surface area contributed by atoms with E-state index in [0.717, 1.165) is 6.54 Å². The molecule has 0 spiro atoms. The number of hydrogen-bond donors (Lipinski definition) is 2. The third kappa shape index (κ3) is 5.06. The number of rotatable bonds is 4. The summed E-state index contributed by atoms with van der Waals surface area (Å²) in [5.41, 5.74) is 0. The van der Waals surface area contributed by atoms with Gasteiger partial charge in [-0.2, -0.15) is 5.26 Å². The van der Waals surface area contributed by atoms with E-state index in [0.29, 0.717) is 13.0 Å². The van der Waals surface area contributed by atoms with Crippen LogP contribution in [0.2, 0.25) is 0 Å². The largest absolute Gasteiger partial charge is 0.316 e. The highest BCUT2D eigenvalue weighted by Gasteiger charge is 1.96. The van der Waals surface area contributed by atoms with E-state index in [-0.39, 0.29) is 5.91 Å². The average molecular weight is 141 g/mol. The first-order chi connectivity index (χ1) is 4.81. The van der Waals surface area contributed by atoms with Crippen LogP contribution in [0, 0.1) is 11.5 Å². The molecule has 0 bridgehead atoms. The normalized spacial score (nSPS) is 8.40. The molecule has 0 aromatic heterocycles. The van der Waals surface area contributed by atoms with Crippen molar-refractivity contribution in [3.8, 4) is 6.19 Å². The van der Waals surface area contributed by atoms with Gasteiger partial charge in [-0.25, -0.2) is 0 Å². The number of amides is 1. The van der Waals surface area contributed by atoms with Crippen molar-refractivity contribution in [2.45, 2.75) is 13.3 Å². The summed E-state index contributed by atoms with van der Waals surface area (Å²) in [7, 11) is 0. The minimum atomic E-state index is -0.233. The Hall–Kier alpha value is -1.08. The molecule has 0 aromatic carbocycles. The van der Waals surface area contributed by atoms with Crippen LogP contribution in [0.3, 0.4) is 0 Å². The van der Waals surface area contributed by atoms with Gasteiger partial charge in [-0.15, -0.1) is 0 Å². The van der Waals surface area contributed by atoms with Crippen LogP contribution in [0.25, 0.3) is 0 Å². The van der Waals surface area contributed by atoms with E-state index in [1.807, 2.05) is 12.2 Å². The second-order valence-electron chi connectivity index (χ2n) is 1.76. The molecule has 56 valence electrons. The molecule has 10 heavy (non-hydrogen) atoms. The Kier molecular flexibility index (Phi) is 5.39. The molecule has 0 fully saturated rings. The third-order valence-corrected chi connectivity index (χ3v) is 0.974. The zero-order valence-corrected chi connectivity index (χ0v) is 5.98. The highest BCUT2D eigenvalue weighted by atomic mass is 16.1. The zero-order valence-electron chi connectivity index (χ0n) is 5.98. The summed E-state index contributed by atoms with van der Waals surface area (Å²) in [5, 5.41) is 13.0. The average Bonchev–Trinajstić information content (AvgIpc) is 1.89. The lowest BCUT2D eigenvalue weighted by Gasteiger charge is -1.97. The Morgan fingerprint density at radius 1 is 1.70 bits per heavy atom. The van der Waals surface area contributed by atoms with Crippen molar-refractivity contribution < 1.29 is 4.79 Å². The molecular weight excluding hydrogens is 130 g/mol. The van der Waals surface area contributed by atoms with Gasteiger partial charge >= 0.3 is 0 Å². The van der Waals surface area contributed by atoms with Crippen molar-refractivity contribution in [3.05, 3.63) is 0 Å². The molecule has 0 atom stereocenters. The molecule has 0 rings (SSSR count). The summed E-state index contributed by atoms with van der Waals surface area (Å²) in [5.74, 6) is -0.233. The molecule has 0 saturated heterocycles. The summed E-state index contributed by atoms with van der Waals surface area (Å²) >= 11 is 0. The van der Waals surface area contributed by atoms with Crippen molar-refractivity contribution in [1.29, 1.82) is 5.26 Å². The van der Waals surface area contributed by atoms with E-state index in [2.05, 4.69) is 5.32 Å². The summed E-state index contributed by atoms with van der Waals surface area (Å²) in [4.78, 5) is 10.5. The van der Waals surface area contributed by atoms with Crippen LogP contribution in [0.1, 0.15) is 13.3 Å². The molecule has 0 aliphatic heterocycles. The fourth-order valence-corrected chi connectivity index (χ4v) is 0.504. The smallest absolute Gasteiger partial charge is 0.234 e. The number of nitrogens with zero attached hydrogens (tertiary/aromatic N) is 1. The summed E-state index contributed by atoms with van der Waals surface area (Å²) < 4.78 is 0. The standard InChI is InChI=1S/C6H11N3O/c1-2-8-4-3-6(10)9-5-7/h8H,2-4H2,1H3,(H,9,10). The van der Waals surface area contributed by atoms with Gasteiger partial charge in [0, 0.05) is 13.0 Å². The van der Waals surface area contributed by atoms with Gasteiger partial charge in [0.05, 0.1) is 0 Å². The van der Waals surface area contributed by atoms with Crippen LogP contribution in [-0.4, -0.2) is 19.0 Å². The van der Waals surface area contributed by atoms with Crippen LogP contribution in [0.15, 0.2) is 0 Å². The SMILES string of the molecule is CCNCCC(=O)NC#N. The predicted molar refractivity (Wildman–Crippen MR) is 36.9 cm³/mol. The Labute approximate surface area is 60.2 Å². The molecule has 2 N–H and O–H groups in total. The molecule has 0 aromatic rings. The van der Waals surface area contributed by atoms with Gasteiger partial charge in [0.15, 0.2) is 6.19 Å². The van der Waals surface area contributed by atoms with E-state index in [9.17, 15) is 4.79 Å². The molecule has 0 heterocycles. The summed E-state index contributed by atoms with van der Waals surface area (Å²) in [6, 6.07) is 0. The van der Waals surface area contributed by atoms with E-state index >= 15 is 0 Å². The minimum Gasteiger partial charge on any atom is -0.316 e. The quantitative estimate of drug-likeness (QED) is 0.317. The Morgan fingerprint density at radius 3 is 2.90 bits per heavy atom. The Balaban J connectivity index is 3.15. The monoisotopic (exact) mass is 141 g/mol. The van der Waals surface area contributed by atoms with E-state index < -0.39 is 0 Å². The first-order valence-electron chi connectivity index (χ1n) is 3.20. The lowest BCUT2D eigenvalue weighted by Crippen LogP contribution is -2.24. The number of carbonyl (C=O) groups excluding carboxylic acids is 1. The topological polar surface area (TPSA) is 64.9 Å². The van der Waals surface area contributed by atoms with Crippen molar-refractivity contribution in [2.75, 3.05) is 13.1 Å². The van der Waals surface area contributed by atoms with Crippen molar-refractivity contribution >= 4 is 5.91 Å². The van der Waals surface area contributed by atoms with Gasteiger partial charge in [-0.05, 0) is 6.54 Å². The van der Waals surface area contributed by atoms with Gasteiger partial charge in [-0.3, -0.25) is 10.1 Å². The second kappa shape index (κ2) is 6.05. The highest BCUT2D eigenvalue weighted by molar-refractivity contribution is 5.77. The van der Waals surface area contributed by atoms with Crippen LogP contribution in [0.5, 0.6) is 0 Å². The molecule has 0 saturated carbocycles. The van der Waals surface area contributed by atoms with Crippen molar-refractivity contribution in [3.63, 3.8) is 0 Å². The van der Waals surface area contributed by atoms with Crippen LogP contribution in [-0.2, 0) is 4.79 Å². The molecule has 0 aliphatic carbocycles. The lowest BCUT2D eigenvalue weighted by molar-refractivity contribution is -0.119. The lowest BCUT2D eigenvalue weighted by atomic mass is 10.4. The third-order valence-electron chi connectivity index (χ3n) is 0.974. The number of nitrogens with one attached hydrogen (secondary N) is 2. The van der Waals surface area contributed by atoms with Crippen molar-refractivity contribution in [2.24, 2.45) is 0 Å². The molecule has 0 unspecified atom stereocenters. The van der Waals surface area contributed by atoms with Gasteiger partial charge in [-0.1, -0.05) is 6.92 Å². The van der Waals surface area contributed by atoms with Gasteiger partial charge in [0.1, 0.15) is 0 Å². The maximum absolute atomic E-state index is 10.5. The van der Waals surface area contributed by atoms with Gasteiger partial charge < -0.3 is 5.32 Å². The van der Waals surface area contributed by atoms with Crippen molar-refractivity contribution in [1.82, 2.24) is 10.6 Å². The highest BCUT2D eigenvalue weighted by Crippen LogP contribution is 1.74. The van der Waals surface area contributed by atoms with E-state index in [1.54, 1.807) is 6.19 Å². The summed E-state index contributed by atoms with van der Waals surface area (Å²) in [6.07, 6.45) is 1.93. The van der Waals surface area contributed by atoms with E-state index in [4.69, 9.17) is 5.26 Å². The van der Waals surface area contributed by atoms with Crippen LogP contribution in [0.4, 0.5) is 0 Å². The molecule has 4 heteroatoms. The molecule has 0 aliphatic rings. The first kappa shape index (κ1) is 8.92. The molecule has 0 radical (unpaired) electrons. The van der Waals surface area contributed by atoms with Crippen LogP contribution < -0.4 is 10.6 Å². The predicted octanol–water partition coefficient (Wildman–Crippen LogP) is -0.417. The minimum absolute atomic E-state index is 0.233.